The van der Waals surface area contributed by atoms with Crippen molar-refractivity contribution in [3.05, 3.63) is 42.2 Å². The molecule has 1 saturated heterocycles. The topological polar surface area (TPSA) is 55.2 Å². The van der Waals surface area contributed by atoms with Gasteiger partial charge >= 0.3 is 0 Å². The molecule has 0 amide bonds. The van der Waals surface area contributed by atoms with Gasteiger partial charge in [0.05, 0.1) is 17.6 Å². The minimum Gasteiger partial charge on any atom is -0.239 e. The lowest BCUT2D eigenvalue weighted by atomic mass is 9.92. The molecule has 0 N–H and O–H groups in total. The molecule has 0 spiro atoms. The summed E-state index contributed by atoms with van der Waals surface area (Å²) >= 11 is 0. The van der Waals surface area contributed by atoms with E-state index in [4.69, 9.17) is 0 Å². The zero-order valence-corrected chi connectivity index (χ0v) is 17.1. The first-order valence-electron chi connectivity index (χ1n) is 9.24. The van der Waals surface area contributed by atoms with E-state index in [2.05, 4.69) is 18.9 Å². The van der Waals surface area contributed by atoms with Crippen molar-refractivity contribution in [3.63, 3.8) is 0 Å². The summed E-state index contributed by atoms with van der Waals surface area (Å²) in [5, 5.41) is 4.66. The number of hydrogen-bond donors (Lipinski definition) is 0. The highest BCUT2D eigenvalue weighted by atomic mass is 32.2. The molecule has 2 heterocycles. The van der Waals surface area contributed by atoms with Crippen molar-refractivity contribution in [2.24, 2.45) is 11.8 Å². The van der Waals surface area contributed by atoms with Crippen LogP contribution < -0.4 is 0 Å². The molecule has 1 aliphatic rings. The van der Waals surface area contributed by atoms with Gasteiger partial charge in [-0.1, -0.05) is 52.8 Å². The van der Waals surface area contributed by atoms with Crippen molar-refractivity contribution < 1.29 is 8.42 Å². The van der Waals surface area contributed by atoms with Crippen molar-refractivity contribution in [1.29, 1.82) is 0 Å². The average molecular weight is 376 g/mol. The molecule has 0 aliphatic carbocycles. The molecule has 1 aromatic heterocycles. The fourth-order valence-electron chi connectivity index (χ4n) is 3.72. The van der Waals surface area contributed by atoms with Crippen molar-refractivity contribution in [3.8, 4) is 5.69 Å². The van der Waals surface area contributed by atoms with Gasteiger partial charge in [-0.3, -0.25) is 0 Å². The number of hydrogen-bond acceptors (Lipinski definition) is 3. The Kier molecular flexibility index (Phi) is 5.01. The predicted molar refractivity (Wildman–Crippen MR) is 104 cm³/mol. The van der Waals surface area contributed by atoms with Crippen LogP contribution in [0.1, 0.15) is 46.7 Å². The van der Waals surface area contributed by atoms with Crippen LogP contribution in [0.25, 0.3) is 5.69 Å². The third kappa shape index (κ3) is 3.71. The second-order valence-corrected chi connectivity index (χ2v) is 10.5. The first kappa shape index (κ1) is 19.1. The maximum atomic E-state index is 13.5. The fourth-order valence-corrected chi connectivity index (χ4v) is 5.72. The molecule has 3 rings (SSSR count). The van der Waals surface area contributed by atoms with Gasteiger partial charge in [-0.25, -0.2) is 13.1 Å². The van der Waals surface area contributed by atoms with Gasteiger partial charge < -0.3 is 0 Å². The second-order valence-electron chi connectivity index (χ2n) is 8.64. The van der Waals surface area contributed by atoms with Crippen molar-refractivity contribution in [1.82, 2.24) is 14.1 Å². The summed E-state index contributed by atoms with van der Waals surface area (Å²) in [7, 11) is -3.58. The fraction of sp³-hybridized carbons (Fsp3) is 0.550. The molecule has 0 saturated carbocycles. The van der Waals surface area contributed by atoms with Gasteiger partial charge in [-0.05, 0) is 30.4 Å². The monoisotopic (exact) mass is 375 g/mol. The second kappa shape index (κ2) is 6.82. The van der Waals surface area contributed by atoms with Gasteiger partial charge in [0.2, 0.25) is 10.0 Å². The van der Waals surface area contributed by atoms with Crippen LogP contribution >= 0.6 is 0 Å². The maximum Gasteiger partial charge on any atom is 0.246 e. The molecule has 2 aromatic rings. The summed E-state index contributed by atoms with van der Waals surface area (Å²) < 4.78 is 30.3. The van der Waals surface area contributed by atoms with E-state index in [1.165, 1.54) is 0 Å². The quantitative estimate of drug-likeness (QED) is 0.819. The van der Waals surface area contributed by atoms with E-state index in [0.29, 0.717) is 35.5 Å². The van der Waals surface area contributed by atoms with E-state index in [0.717, 1.165) is 12.1 Å². The molecule has 0 radical (unpaired) electrons. The zero-order chi connectivity index (χ0) is 19.1. The summed E-state index contributed by atoms with van der Waals surface area (Å²) in [4.78, 5) is 0.329. The van der Waals surface area contributed by atoms with Crippen LogP contribution in [0.3, 0.4) is 0 Å². The van der Waals surface area contributed by atoms with Crippen LogP contribution in [-0.4, -0.2) is 35.6 Å². The summed E-state index contributed by atoms with van der Waals surface area (Å²) in [5.74, 6) is 0.742. The maximum absolute atomic E-state index is 13.5. The van der Waals surface area contributed by atoms with Crippen LogP contribution in [0.15, 0.2) is 41.4 Å². The molecule has 1 aliphatic heterocycles. The third-order valence-electron chi connectivity index (χ3n) is 4.86. The minimum atomic E-state index is -3.58. The summed E-state index contributed by atoms with van der Waals surface area (Å²) in [5.41, 5.74) is 1.11. The number of aromatic nitrogens is 2. The van der Waals surface area contributed by atoms with Crippen molar-refractivity contribution >= 4 is 10.0 Å². The van der Waals surface area contributed by atoms with Crippen LogP contribution in [0.5, 0.6) is 0 Å². The average Bonchev–Trinajstić information content (AvgIpc) is 3.01. The number of piperidine rings is 1. The predicted octanol–water partition coefficient (Wildman–Crippen LogP) is 3.84. The van der Waals surface area contributed by atoms with E-state index in [1.54, 1.807) is 15.2 Å². The van der Waals surface area contributed by atoms with E-state index in [9.17, 15) is 8.42 Å². The first-order chi connectivity index (χ1) is 12.1. The molecule has 5 nitrogen and oxygen atoms in total. The Hall–Kier alpha value is -1.66. The van der Waals surface area contributed by atoms with Gasteiger partial charge in [0.25, 0.3) is 0 Å². The van der Waals surface area contributed by atoms with Crippen LogP contribution in [0.4, 0.5) is 0 Å². The number of benzene rings is 1. The molecule has 26 heavy (non-hydrogen) atoms. The molecule has 1 fully saturated rings. The Bertz CT molecular complexity index is 856. The van der Waals surface area contributed by atoms with Gasteiger partial charge in [0.15, 0.2) is 0 Å². The Morgan fingerprint density at radius 2 is 1.62 bits per heavy atom. The number of para-hydroxylation sites is 1. The lowest BCUT2D eigenvalue weighted by molar-refractivity contribution is 0.222. The van der Waals surface area contributed by atoms with Gasteiger partial charge in [0, 0.05) is 18.5 Å². The largest absolute Gasteiger partial charge is 0.246 e. The molecular formula is C20H29N3O2S. The van der Waals surface area contributed by atoms with Crippen molar-refractivity contribution in [2.75, 3.05) is 13.1 Å². The number of nitrogens with zero attached hydrogens (tertiary/aromatic N) is 3. The lowest BCUT2D eigenvalue weighted by Crippen LogP contribution is -2.43. The Morgan fingerprint density at radius 3 is 2.15 bits per heavy atom. The highest BCUT2D eigenvalue weighted by Crippen LogP contribution is 2.33. The standard InChI is InChI=1S/C20H29N3O2S/c1-15-11-16(2)13-22(12-15)26(24,25)18-14-23(17-9-7-6-8-10-17)21-19(18)20(3,4)5/h6-10,14-16H,11-13H2,1-5H3. The molecule has 142 valence electrons. The van der Waals surface area contributed by atoms with Gasteiger partial charge in [0.1, 0.15) is 4.90 Å². The Balaban J connectivity index is 2.09. The zero-order valence-electron chi connectivity index (χ0n) is 16.3. The number of sulfonamides is 1. The van der Waals surface area contributed by atoms with E-state index >= 15 is 0 Å². The first-order valence-corrected chi connectivity index (χ1v) is 10.7. The van der Waals surface area contributed by atoms with Gasteiger partial charge in [-0.2, -0.15) is 9.40 Å². The van der Waals surface area contributed by atoms with Crippen molar-refractivity contribution in [2.45, 2.75) is 51.3 Å². The normalized spacial score (nSPS) is 22.5. The summed E-state index contributed by atoms with van der Waals surface area (Å²) in [6.45, 7) is 11.4. The molecule has 6 heteroatoms. The SMILES string of the molecule is CC1CC(C)CN(S(=O)(=O)c2cn(-c3ccccc3)nc2C(C)(C)C)C1. The third-order valence-corrected chi connectivity index (χ3v) is 6.70. The Labute approximate surface area is 157 Å². The smallest absolute Gasteiger partial charge is 0.239 e. The molecular weight excluding hydrogens is 346 g/mol. The highest BCUT2D eigenvalue weighted by Gasteiger charge is 2.37. The molecule has 0 bridgehead atoms. The van der Waals surface area contributed by atoms with Crippen LogP contribution in [0.2, 0.25) is 0 Å². The molecule has 1 aromatic carbocycles. The lowest BCUT2D eigenvalue weighted by Gasteiger charge is -2.34. The molecule has 2 atom stereocenters. The van der Waals surface area contributed by atoms with E-state index in [1.807, 2.05) is 51.1 Å². The summed E-state index contributed by atoms with van der Waals surface area (Å²) in [6.07, 6.45) is 2.75. The van der Waals surface area contributed by atoms with E-state index < -0.39 is 10.0 Å². The highest BCUT2D eigenvalue weighted by molar-refractivity contribution is 7.89. The Morgan fingerprint density at radius 1 is 1.04 bits per heavy atom. The van der Waals surface area contributed by atoms with Crippen LogP contribution in [-0.2, 0) is 15.4 Å². The van der Waals surface area contributed by atoms with Crippen LogP contribution in [0, 0.1) is 11.8 Å². The summed E-state index contributed by atoms with van der Waals surface area (Å²) in [6, 6.07) is 9.65. The number of rotatable bonds is 3. The van der Waals surface area contributed by atoms with Gasteiger partial charge in [-0.15, -0.1) is 0 Å². The molecule has 2 unspecified atom stereocenters. The minimum absolute atomic E-state index is 0.329. The van der Waals surface area contributed by atoms with E-state index in [-0.39, 0.29) is 5.41 Å².